The number of nitro benzene ring substituents is 1. The van der Waals surface area contributed by atoms with E-state index in [0.717, 1.165) is 23.6 Å². The molecule has 0 saturated carbocycles. The molecule has 1 unspecified atom stereocenters. The number of methoxy groups -OCH3 is 1. The maximum atomic E-state index is 13.0. The lowest BCUT2D eigenvalue weighted by molar-refractivity contribution is -0.387. The number of aryl methyl sites for hydroxylation is 1. The van der Waals surface area contributed by atoms with Crippen LogP contribution in [-0.2, 0) is 16.4 Å². The minimum Gasteiger partial charge on any atom is -0.497 e. The Labute approximate surface area is 146 Å². The lowest BCUT2D eigenvalue weighted by atomic mass is 10.1. The third-order valence-electron chi connectivity index (χ3n) is 4.56. The quantitative estimate of drug-likeness (QED) is 0.603. The van der Waals surface area contributed by atoms with Crippen molar-refractivity contribution in [3.63, 3.8) is 0 Å². The molecule has 0 radical (unpaired) electrons. The fraction of sp³-hybridized carbons (Fsp3) is 0.294. The molecule has 2 aromatic carbocycles. The van der Waals surface area contributed by atoms with Gasteiger partial charge in [-0.25, -0.2) is 8.42 Å². The predicted octanol–water partition coefficient (Wildman–Crippen LogP) is 2.91. The van der Waals surface area contributed by atoms with Gasteiger partial charge in [0.15, 0.2) is 4.90 Å². The number of benzene rings is 2. The molecule has 132 valence electrons. The Morgan fingerprint density at radius 1 is 1.24 bits per heavy atom. The van der Waals surface area contributed by atoms with E-state index in [1.54, 1.807) is 0 Å². The average Bonchev–Trinajstić information content (AvgIpc) is 3.04. The van der Waals surface area contributed by atoms with Gasteiger partial charge in [0.25, 0.3) is 5.69 Å². The Kier molecular flexibility index (Phi) is 4.49. The second-order valence-corrected chi connectivity index (χ2v) is 7.83. The van der Waals surface area contributed by atoms with Gasteiger partial charge in [-0.3, -0.25) is 10.1 Å². The minimum absolute atomic E-state index is 0.236. The molecule has 0 N–H and O–H groups in total. The fourth-order valence-corrected chi connectivity index (χ4v) is 4.72. The molecule has 2 aromatic rings. The topological polar surface area (TPSA) is 89.8 Å². The van der Waals surface area contributed by atoms with Crippen molar-refractivity contribution in [1.82, 2.24) is 4.31 Å². The van der Waals surface area contributed by atoms with E-state index in [0.29, 0.717) is 6.42 Å². The maximum Gasteiger partial charge on any atom is 0.293 e. The predicted molar refractivity (Wildman–Crippen MR) is 92.1 cm³/mol. The van der Waals surface area contributed by atoms with E-state index in [9.17, 15) is 18.5 Å². The van der Waals surface area contributed by atoms with Crippen LogP contribution >= 0.6 is 0 Å². The van der Waals surface area contributed by atoms with E-state index in [1.807, 2.05) is 24.3 Å². The first-order chi connectivity index (χ1) is 11.9. The van der Waals surface area contributed by atoms with Crippen LogP contribution < -0.4 is 4.74 Å². The van der Waals surface area contributed by atoms with Crippen LogP contribution in [0.2, 0.25) is 0 Å². The second-order valence-electron chi connectivity index (χ2n) is 5.87. The summed E-state index contributed by atoms with van der Waals surface area (Å²) < 4.78 is 32.3. The summed E-state index contributed by atoms with van der Waals surface area (Å²) in [5.74, 6) is 0.236. The Bertz CT molecular complexity index is 926. The molecule has 1 aliphatic carbocycles. The van der Waals surface area contributed by atoms with E-state index >= 15 is 0 Å². The minimum atomic E-state index is -4.03. The third-order valence-corrected chi connectivity index (χ3v) is 6.47. The van der Waals surface area contributed by atoms with E-state index in [4.69, 9.17) is 4.74 Å². The number of rotatable bonds is 5. The Balaban J connectivity index is 2.04. The van der Waals surface area contributed by atoms with Gasteiger partial charge in [-0.2, -0.15) is 4.31 Å². The largest absolute Gasteiger partial charge is 0.497 e. The summed E-state index contributed by atoms with van der Waals surface area (Å²) in [4.78, 5) is 10.3. The highest BCUT2D eigenvalue weighted by molar-refractivity contribution is 7.89. The highest BCUT2D eigenvalue weighted by Gasteiger charge is 2.37. The molecule has 0 amide bonds. The number of sulfonamides is 1. The average molecular weight is 362 g/mol. The second kappa shape index (κ2) is 6.45. The molecular formula is C17H18N2O5S. The Morgan fingerprint density at radius 2 is 1.96 bits per heavy atom. The molecule has 3 rings (SSSR count). The van der Waals surface area contributed by atoms with Gasteiger partial charge in [0.05, 0.1) is 24.1 Å². The molecule has 0 spiro atoms. The summed E-state index contributed by atoms with van der Waals surface area (Å²) in [7, 11) is -1.19. The van der Waals surface area contributed by atoms with Gasteiger partial charge in [0, 0.05) is 7.05 Å². The fourth-order valence-electron chi connectivity index (χ4n) is 3.22. The summed E-state index contributed by atoms with van der Waals surface area (Å²) in [6.45, 7) is 0. The summed E-state index contributed by atoms with van der Waals surface area (Å²) in [5, 5.41) is 11.3. The van der Waals surface area contributed by atoms with E-state index in [2.05, 4.69) is 0 Å². The highest BCUT2D eigenvalue weighted by atomic mass is 32.2. The van der Waals surface area contributed by atoms with Crippen molar-refractivity contribution >= 4 is 15.7 Å². The monoisotopic (exact) mass is 362 g/mol. The first-order valence-corrected chi connectivity index (χ1v) is 9.18. The smallest absolute Gasteiger partial charge is 0.293 e. The number of nitrogens with zero attached hydrogens (tertiary/aromatic N) is 2. The summed E-state index contributed by atoms with van der Waals surface area (Å²) in [5.41, 5.74) is 1.57. The van der Waals surface area contributed by atoms with E-state index in [1.165, 1.54) is 30.6 Å². The zero-order valence-electron chi connectivity index (χ0n) is 13.9. The van der Waals surface area contributed by atoms with Crippen LogP contribution in [0.1, 0.15) is 23.6 Å². The summed E-state index contributed by atoms with van der Waals surface area (Å²) in [6.07, 6.45) is 1.43. The van der Waals surface area contributed by atoms with Crippen molar-refractivity contribution in [2.45, 2.75) is 23.8 Å². The lowest BCUT2D eigenvalue weighted by Gasteiger charge is -2.24. The van der Waals surface area contributed by atoms with Crippen LogP contribution in [0.4, 0.5) is 5.69 Å². The number of ether oxygens (including phenoxy) is 1. The van der Waals surface area contributed by atoms with Crippen molar-refractivity contribution in [2.75, 3.05) is 14.2 Å². The first-order valence-electron chi connectivity index (χ1n) is 7.74. The molecule has 0 bridgehead atoms. The van der Waals surface area contributed by atoms with Gasteiger partial charge in [-0.05, 0) is 36.1 Å². The van der Waals surface area contributed by atoms with Crippen LogP contribution in [0.25, 0.3) is 0 Å². The molecular weight excluding hydrogens is 344 g/mol. The third kappa shape index (κ3) is 2.98. The zero-order valence-corrected chi connectivity index (χ0v) is 14.7. The van der Waals surface area contributed by atoms with Gasteiger partial charge in [-0.15, -0.1) is 0 Å². The van der Waals surface area contributed by atoms with Crippen molar-refractivity contribution in [1.29, 1.82) is 0 Å². The van der Waals surface area contributed by atoms with Crippen LogP contribution in [0.15, 0.2) is 47.4 Å². The molecule has 0 aliphatic heterocycles. The molecule has 0 fully saturated rings. The number of hydrogen-bond acceptors (Lipinski definition) is 5. The molecule has 0 heterocycles. The molecule has 0 saturated heterocycles. The zero-order chi connectivity index (χ0) is 18.2. The van der Waals surface area contributed by atoms with Crippen LogP contribution in [0.3, 0.4) is 0 Å². The summed E-state index contributed by atoms with van der Waals surface area (Å²) in [6, 6.07) is 11.1. The molecule has 1 atom stereocenters. The van der Waals surface area contributed by atoms with Gasteiger partial charge in [-0.1, -0.05) is 24.3 Å². The molecule has 8 heteroatoms. The maximum absolute atomic E-state index is 13.0. The normalized spacial score (nSPS) is 16.7. The van der Waals surface area contributed by atoms with E-state index < -0.39 is 20.6 Å². The molecule has 7 nitrogen and oxygen atoms in total. The van der Waals surface area contributed by atoms with Crippen LogP contribution in [0, 0.1) is 10.1 Å². The van der Waals surface area contributed by atoms with Gasteiger partial charge < -0.3 is 4.74 Å². The molecule has 1 aliphatic rings. The molecule has 25 heavy (non-hydrogen) atoms. The standard InChI is InChI=1S/C17H18N2O5S/c1-18(15-9-7-12-5-3-4-6-14(12)15)25(22,23)17-10-8-13(24-2)11-16(17)19(20)21/h3-6,8,10-11,15H,7,9H2,1-2H3. The number of nitro groups is 1. The van der Waals surface area contributed by atoms with Gasteiger partial charge >= 0.3 is 0 Å². The first kappa shape index (κ1) is 17.4. The number of hydrogen-bond donors (Lipinski definition) is 0. The molecule has 0 aromatic heterocycles. The Morgan fingerprint density at radius 3 is 2.64 bits per heavy atom. The SMILES string of the molecule is COc1ccc(S(=O)(=O)N(C)C2CCc3ccccc32)c([N+](=O)[O-])c1. The van der Waals surface area contributed by atoms with Gasteiger partial charge in [0.2, 0.25) is 10.0 Å². The Hall–Kier alpha value is -2.45. The van der Waals surface area contributed by atoms with Crippen molar-refractivity contribution < 1.29 is 18.1 Å². The number of fused-ring (bicyclic) bond motifs is 1. The summed E-state index contributed by atoms with van der Waals surface area (Å²) >= 11 is 0. The van der Waals surface area contributed by atoms with Crippen molar-refractivity contribution in [3.8, 4) is 5.75 Å². The van der Waals surface area contributed by atoms with Gasteiger partial charge in [0.1, 0.15) is 5.75 Å². The van der Waals surface area contributed by atoms with E-state index in [-0.39, 0.29) is 16.7 Å². The van der Waals surface area contributed by atoms with Crippen LogP contribution in [-0.4, -0.2) is 31.8 Å². The van der Waals surface area contributed by atoms with Crippen molar-refractivity contribution in [2.24, 2.45) is 0 Å². The van der Waals surface area contributed by atoms with Crippen molar-refractivity contribution in [3.05, 3.63) is 63.7 Å². The lowest BCUT2D eigenvalue weighted by Crippen LogP contribution is -2.30. The van der Waals surface area contributed by atoms with Crippen LogP contribution in [0.5, 0.6) is 5.75 Å². The highest BCUT2D eigenvalue weighted by Crippen LogP contribution is 2.39.